The van der Waals surface area contributed by atoms with Gasteiger partial charge in [-0.2, -0.15) is 0 Å². The summed E-state index contributed by atoms with van der Waals surface area (Å²) in [6, 6.07) is 2.99. The zero-order chi connectivity index (χ0) is 22.6. The van der Waals surface area contributed by atoms with Crippen molar-refractivity contribution >= 4 is 28.9 Å². The van der Waals surface area contributed by atoms with Crippen LogP contribution in [0.3, 0.4) is 0 Å². The number of nitrogens with one attached hydrogen (secondary N) is 2. The molecule has 3 aliphatic heterocycles. The van der Waals surface area contributed by atoms with E-state index in [0.717, 1.165) is 56.9 Å². The summed E-state index contributed by atoms with van der Waals surface area (Å²) in [7, 11) is 0. The minimum Gasteiger partial charge on any atom is -0.370 e. The number of imidazole rings is 1. The Morgan fingerprint density at radius 2 is 2.24 bits per heavy atom. The van der Waals surface area contributed by atoms with E-state index in [2.05, 4.69) is 25.5 Å². The molecule has 6 heterocycles. The number of urea groups is 1. The van der Waals surface area contributed by atoms with Crippen LogP contribution in [0.2, 0.25) is 0 Å². The van der Waals surface area contributed by atoms with Gasteiger partial charge in [0.1, 0.15) is 5.82 Å². The summed E-state index contributed by atoms with van der Waals surface area (Å²) in [6.45, 7) is 6.56. The zero-order valence-corrected chi connectivity index (χ0v) is 18.5. The van der Waals surface area contributed by atoms with Crippen molar-refractivity contribution in [1.82, 2.24) is 19.7 Å². The van der Waals surface area contributed by atoms with E-state index in [1.54, 1.807) is 34.8 Å². The Balaban J connectivity index is 1.23. The van der Waals surface area contributed by atoms with Gasteiger partial charge in [-0.1, -0.05) is 0 Å². The highest BCUT2D eigenvalue weighted by molar-refractivity contribution is 6.03. The molecule has 3 aliphatic rings. The molecule has 0 radical (unpaired) electrons. The summed E-state index contributed by atoms with van der Waals surface area (Å²) in [6.07, 6.45) is 6.84. The fraction of sp³-hybridized carbons (Fsp3) is 0.435. The van der Waals surface area contributed by atoms with Gasteiger partial charge in [0.05, 0.1) is 23.6 Å². The van der Waals surface area contributed by atoms with Gasteiger partial charge in [-0.05, 0) is 25.8 Å². The van der Waals surface area contributed by atoms with Crippen LogP contribution in [0.1, 0.15) is 17.7 Å². The van der Waals surface area contributed by atoms with E-state index in [9.17, 15) is 9.18 Å². The quantitative estimate of drug-likeness (QED) is 0.622. The summed E-state index contributed by atoms with van der Waals surface area (Å²) in [5.74, 6) is 0.180. The molecule has 0 bridgehead atoms. The Kier molecular flexibility index (Phi) is 4.73. The number of rotatable bonds is 2. The molecule has 0 unspecified atom stereocenters. The number of aromatic nitrogens is 3. The van der Waals surface area contributed by atoms with Crippen molar-refractivity contribution in [3.63, 3.8) is 0 Å². The van der Waals surface area contributed by atoms with Crippen LogP contribution in [0.15, 0.2) is 30.7 Å². The third-order valence-corrected chi connectivity index (χ3v) is 6.76. The molecule has 3 aromatic heterocycles. The first-order chi connectivity index (χ1) is 16.0. The van der Waals surface area contributed by atoms with Gasteiger partial charge >= 0.3 is 6.03 Å². The number of carbonyl (C=O) groups is 1. The molecule has 1 spiro atoms. The van der Waals surface area contributed by atoms with E-state index < -0.39 is 5.82 Å². The van der Waals surface area contributed by atoms with Crippen LogP contribution in [0, 0.1) is 12.7 Å². The van der Waals surface area contributed by atoms with Crippen LogP contribution in [-0.4, -0.2) is 65.3 Å². The fourth-order valence-electron chi connectivity index (χ4n) is 5.23. The monoisotopic (exact) mass is 451 g/mol. The van der Waals surface area contributed by atoms with Gasteiger partial charge in [0.2, 0.25) is 0 Å². The van der Waals surface area contributed by atoms with Crippen molar-refractivity contribution in [3.8, 4) is 0 Å². The Morgan fingerprint density at radius 3 is 3.09 bits per heavy atom. The molecule has 2 amide bonds. The number of halogens is 1. The lowest BCUT2D eigenvalue weighted by molar-refractivity contribution is -0.0496. The third kappa shape index (κ3) is 3.50. The second-order valence-electron chi connectivity index (χ2n) is 9.03. The van der Waals surface area contributed by atoms with E-state index >= 15 is 0 Å². The predicted octanol–water partition coefficient (Wildman–Crippen LogP) is 2.34. The van der Waals surface area contributed by atoms with Crippen LogP contribution < -0.4 is 20.4 Å². The lowest BCUT2D eigenvalue weighted by atomic mass is 10.0. The van der Waals surface area contributed by atoms with Gasteiger partial charge in [0.25, 0.3) is 0 Å². The van der Waals surface area contributed by atoms with Crippen molar-refractivity contribution in [2.24, 2.45) is 0 Å². The van der Waals surface area contributed by atoms with E-state index in [1.807, 2.05) is 6.07 Å². The maximum absolute atomic E-state index is 14.4. The van der Waals surface area contributed by atoms with E-state index in [4.69, 9.17) is 4.74 Å². The molecular formula is C23H26FN7O2. The van der Waals surface area contributed by atoms with Crippen LogP contribution >= 0.6 is 0 Å². The summed E-state index contributed by atoms with van der Waals surface area (Å²) >= 11 is 0. The van der Waals surface area contributed by atoms with E-state index in [0.29, 0.717) is 23.7 Å². The average molecular weight is 452 g/mol. The lowest BCUT2D eigenvalue weighted by Gasteiger charge is -2.34. The molecule has 10 heteroatoms. The highest BCUT2D eigenvalue weighted by Crippen LogP contribution is 2.38. The smallest absolute Gasteiger partial charge is 0.327 e. The van der Waals surface area contributed by atoms with Crippen molar-refractivity contribution in [3.05, 3.63) is 47.8 Å². The number of carbonyl (C=O) groups excluding carboxylic acids is 1. The standard InChI is InChI=1S/C23H26FN7O2/c1-15-11-30-12-16(10-18(24)21(30)27-15)28-22(32)31-7-3-17-19(2-5-26-20(17)31)29-8-4-23(14-29)13-25-6-9-33-23/h2,5,10-12,25H,3-4,6-9,13-14H2,1H3,(H,28,32)/t23-/m1/s1. The molecule has 2 N–H and O–H groups in total. The van der Waals surface area contributed by atoms with Gasteiger partial charge in [-0.15, -0.1) is 0 Å². The molecule has 3 aromatic rings. The highest BCUT2D eigenvalue weighted by Gasteiger charge is 2.42. The number of nitrogens with zero attached hydrogens (tertiary/aromatic N) is 5. The van der Waals surface area contributed by atoms with Crippen molar-refractivity contribution in [2.75, 3.05) is 54.4 Å². The number of hydrogen-bond acceptors (Lipinski definition) is 6. The summed E-state index contributed by atoms with van der Waals surface area (Å²) in [5.41, 5.74) is 3.36. The van der Waals surface area contributed by atoms with Crippen molar-refractivity contribution < 1.29 is 13.9 Å². The van der Waals surface area contributed by atoms with Gasteiger partial charge in [0, 0.05) is 68.6 Å². The summed E-state index contributed by atoms with van der Waals surface area (Å²) in [5, 5.41) is 6.26. The van der Waals surface area contributed by atoms with Crippen LogP contribution in [0.5, 0.6) is 0 Å². The number of anilines is 3. The molecule has 6 rings (SSSR count). The largest absolute Gasteiger partial charge is 0.370 e. The number of amides is 2. The molecule has 33 heavy (non-hydrogen) atoms. The zero-order valence-electron chi connectivity index (χ0n) is 18.5. The van der Waals surface area contributed by atoms with Crippen molar-refractivity contribution in [2.45, 2.75) is 25.4 Å². The van der Waals surface area contributed by atoms with Gasteiger partial charge in [-0.25, -0.2) is 19.2 Å². The van der Waals surface area contributed by atoms with Gasteiger partial charge < -0.3 is 24.7 Å². The topological polar surface area (TPSA) is 87.0 Å². The Labute approximate surface area is 190 Å². The number of hydrogen-bond donors (Lipinski definition) is 2. The summed E-state index contributed by atoms with van der Waals surface area (Å²) < 4.78 is 22.1. The van der Waals surface area contributed by atoms with E-state index in [1.165, 1.54) is 6.07 Å². The number of aryl methyl sites for hydroxylation is 1. The molecule has 2 fully saturated rings. The van der Waals surface area contributed by atoms with Gasteiger partial charge in [0.15, 0.2) is 11.5 Å². The maximum Gasteiger partial charge on any atom is 0.327 e. The fourth-order valence-corrected chi connectivity index (χ4v) is 5.23. The molecule has 0 aliphatic carbocycles. The number of morpholine rings is 1. The van der Waals surface area contributed by atoms with Crippen LogP contribution in [0.25, 0.3) is 5.65 Å². The Bertz CT molecular complexity index is 1240. The molecule has 1 atom stereocenters. The minimum absolute atomic E-state index is 0.140. The van der Waals surface area contributed by atoms with E-state index in [-0.39, 0.29) is 17.3 Å². The second-order valence-corrected chi connectivity index (χ2v) is 9.03. The first-order valence-corrected chi connectivity index (χ1v) is 11.3. The maximum atomic E-state index is 14.4. The summed E-state index contributed by atoms with van der Waals surface area (Å²) in [4.78, 5) is 25.7. The number of ether oxygens (including phenoxy) is 1. The van der Waals surface area contributed by atoms with Gasteiger partial charge in [-0.3, -0.25) is 4.90 Å². The Hall–Kier alpha value is -3.24. The SMILES string of the molecule is Cc1cn2cc(NC(=O)N3CCc4c(N5CC[C@@]6(CNCCO6)C5)ccnc43)cc(F)c2n1. The molecule has 172 valence electrons. The first-order valence-electron chi connectivity index (χ1n) is 11.3. The Morgan fingerprint density at radius 1 is 1.33 bits per heavy atom. The molecular weight excluding hydrogens is 425 g/mol. The molecule has 0 aromatic carbocycles. The average Bonchev–Trinajstić information content (AvgIpc) is 3.51. The van der Waals surface area contributed by atoms with Crippen LogP contribution in [0.4, 0.5) is 26.4 Å². The van der Waals surface area contributed by atoms with Crippen LogP contribution in [-0.2, 0) is 11.2 Å². The number of pyridine rings is 2. The lowest BCUT2D eigenvalue weighted by Crippen LogP contribution is -2.51. The normalized spacial score (nSPS) is 22.4. The third-order valence-electron chi connectivity index (χ3n) is 6.76. The predicted molar refractivity (Wildman–Crippen MR) is 123 cm³/mol. The minimum atomic E-state index is -0.481. The molecule has 9 nitrogen and oxygen atoms in total. The molecule has 2 saturated heterocycles. The first kappa shape index (κ1) is 20.4. The molecule has 0 saturated carbocycles. The highest BCUT2D eigenvalue weighted by atomic mass is 19.1. The van der Waals surface area contributed by atoms with Crippen molar-refractivity contribution in [1.29, 1.82) is 0 Å². The second kappa shape index (κ2) is 7.67. The number of fused-ring (bicyclic) bond motifs is 2.